The van der Waals surface area contributed by atoms with Crippen LogP contribution in [0.25, 0.3) is 0 Å². The van der Waals surface area contributed by atoms with Crippen molar-refractivity contribution in [3.8, 4) is 0 Å². The number of hydrogen-bond donors (Lipinski definition) is 2. The Bertz CT molecular complexity index is 508. The molecule has 2 fully saturated rings. The molecule has 0 spiro atoms. The van der Waals surface area contributed by atoms with Crippen molar-refractivity contribution in [2.24, 2.45) is 11.8 Å². The van der Waals surface area contributed by atoms with E-state index >= 15 is 0 Å². The maximum Gasteiger partial charge on any atom is 0.171 e. The number of hydrogen-bond acceptors (Lipinski definition) is 1. The average molecular weight is 343 g/mol. The Hall–Kier alpha value is -0.680. The van der Waals surface area contributed by atoms with E-state index in [1.807, 2.05) is 0 Å². The molecule has 0 radical (unpaired) electrons. The molecule has 2 bridgehead atoms. The van der Waals surface area contributed by atoms with E-state index in [9.17, 15) is 4.39 Å². The van der Waals surface area contributed by atoms with Crippen molar-refractivity contribution in [1.29, 1.82) is 0 Å². The summed E-state index contributed by atoms with van der Waals surface area (Å²) in [4.78, 5) is 0. The van der Waals surface area contributed by atoms with Crippen LogP contribution in [0.15, 0.2) is 22.7 Å². The summed E-state index contributed by atoms with van der Waals surface area (Å²) in [6.07, 6.45) is 5.20. The first-order chi connectivity index (χ1) is 9.11. The SMILES string of the molecule is Fc1cc(Br)ccc1NC(=S)N[C@@H]1C[C@@H]2CC[C@@H]1C2. The van der Waals surface area contributed by atoms with Gasteiger partial charge in [0.15, 0.2) is 5.11 Å². The van der Waals surface area contributed by atoms with E-state index in [1.54, 1.807) is 12.1 Å². The lowest BCUT2D eigenvalue weighted by Crippen LogP contribution is -2.40. The second-order valence-corrected chi connectivity index (χ2v) is 6.83. The lowest BCUT2D eigenvalue weighted by atomic mass is 9.96. The molecule has 2 N–H and O–H groups in total. The highest BCUT2D eigenvalue weighted by Crippen LogP contribution is 2.44. The summed E-state index contributed by atoms with van der Waals surface area (Å²) in [5.74, 6) is 1.32. The van der Waals surface area contributed by atoms with Crippen LogP contribution in [0.4, 0.5) is 10.1 Å². The zero-order valence-electron chi connectivity index (χ0n) is 10.5. The maximum atomic E-state index is 13.7. The van der Waals surface area contributed by atoms with Crippen LogP contribution < -0.4 is 10.6 Å². The van der Waals surface area contributed by atoms with Crippen LogP contribution in [0.3, 0.4) is 0 Å². The van der Waals surface area contributed by atoms with Crippen LogP contribution in [0.1, 0.15) is 25.7 Å². The van der Waals surface area contributed by atoms with E-state index in [0.29, 0.717) is 16.8 Å². The highest BCUT2D eigenvalue weighted by atomic mass is 79.9. The lowest BCUT2D eigenvalue weighted by molar-refractivity contribution is 0.391. The number of halogens is 2. The minimum Gasteiger partial charge on any atom is -0.359 e. The third-order valence-corrected chi connectivity index (χ3v) is 4.95. The van der Waals surface area contributed by atoms with E-state index < -0.39 is 0 Å². The van der Waals surface area contributed by atoms with E-state index in [0.717, 1.165) is 16.3 Å². The van der Waals surface area contributed by atoms with Crippen molar-refractivity contribution in [2.45, 2.75) is 31.7 Å². The predicted molar refractivity (Wildman–Crippen MR) is 82.7 cm³/mol. The van der Waals surface area contributed by atoms with Gasteiger partial charge in [-0.25, -0.2) is 4.39 Å². The van der Waals surface area contributed by atoms with Gasteiger partial charge in [-0.2, -0.15) is 0 Å². The van der Waals surface area contributed by atoms with Crippen molar-refractivity contribution < 1.29 is 4.39 Å². The van der Waals surface area contributed by atoms with Crippen LogP contribution in [0.2, 0.25) is 0 Å². The summed E-state index contributed by atoms with van der Waals surface area (Å²) in [5.41, 5.74) is 0.420. The maximum absolute atomic E-state index is 13.7. The summed E-state index contributed by atoms with van der Waals surface area (Å²) in [6.45, 7) is 0. The van der Waals surface area contributed by atoms with Crippen LogP contribution in [0, 0.1) is 17.7 Å². The van der Waals surface area contributed by atoms with Crippen molar-refractivity contribution in [3.05, 3.63) is 28.5 Å². The molecule has 2 aliphatic rings. The number of fused-ring (bicyclic) bond motifs is 2. The molecule has 0 aromatic heterocycles. The first-order valence-electron chi connectivity index (χ1n) is 6.64. The van der Waals surface area contributed by atoms with Crippen LogP contribution in [-0.4, -0.2) is 11.2 Å². The topological polar surface area (TPSA) is 24.1 Å². The monoisotopic (exact) mass is 342 g/mol. The second kappa shape index (κ2) is 5.37. The third kappa shape index (κ3) is 2.92. The largest absolute Gasteiger partial charge is 0.359 e. The standard InChI is InChI=1S/C14H16BrFN2S/c15-10-3-4-12(11(16)7-10)17-14(19)18-13-6-8-1-2-9(13)5-8/h3-4,7-9,13H,1-2,5-6H2,(H2,17,18,19)/t8-,9-,13-/m1/s1. The van der Waals surface area contributed by atoms with Crippen molar-refractivity contribution in [2.75, 3.05) is 5.32 Å². The first-order valence-corrected chi connectivity index (χ1v) is 7.84. The molecule has 0 aliphatic heterocycles. The van der Waals surface area contributed by atoms with E-state index in [2.05, 4.69) is 26.6 Å². The summed E-state index contributed by atoms with van der Waals surface area (Å²) in [7, 11) is 0. The minimum absolute atomic E-state index is 0.300. The molecule has 3 rings (SSSR count). The van der Waals surface area contributed by atoms with Gasteiger partial charge in [0.1, 0.15) is 5.82 Å². The van der Waals surface area contributed by atoms with Gasteiger partial charge >= 0.3 is 0 Å². The van der Waals surface area contributed by atoms with E-state index in [4.69, 9.17) is 12.2 Å². The van der Waals surface area contributed by atoms with Crippen LogP contribution in [0.5, 0.6) is 0 Å². The fraction of sp³-hybridized carbons (Fsp3) is 0.500. The molecule has 2 aliphatic carbocycles. The molecule has 1 aromatic carbocycles. The summed E-state index contributed by atoms with van der Waals surface area (Å²) >= 11 is 8.52. The number of benzene rings is 1. The van der Waals surface area contributed by atoms with Crippen LogP contribution in [-0.2, 0) is 0 Å². The average Bonchev–Trinajstić information content (AvgIpc) is 2.95. The Balaban J connectivity index is 1.59. The Labute approximate surface area is 126 Å². The zero-order chi connectivity index (χ0) is 13.4. The molecule has 0 saturated heterocycles. The van der Waals surface area contributed by atoms with Gasteiger partial charge in [-0.15, -0.1) is 0 Å². The Kier molecular flexibility index (Phi) is 3.76. The molecule has 0 heterocycles. The normalized spacial score (nSPS) is 28.4. The number of thiocarbonyl (C=S) groups is 1. The first kappa shape index (κ1) is 13.3. The smallest absolute Gasteiger partial charge is 0.171 e. The highest BCUT2D eigenvalue weighted by molar-refractivity contribution is 9.10. The summed E-state index contributed by atoms with van der Waals surface area (Å²) in [6, 6.07) is 5.39. The third-order valence-electron chi connectivity index (χ3n) is 4.23. The molecule has 0 unspecified atom stereocenters. The van der Waals surface area contributed by atoms with Gasteiger partial charge in [-0.1, -0.05) is 22.4 Å². The van der Waals surface area contributed by atoms with Gasteiger partial charge in [0, 0.05) is 10.5 Å². The molecular weight excluding hydrogens is 327 g/mol. The van der Waals surface area contributed by atoms with Gasteiger partial charge in [-0.3, -0.25) is 0 Å². The van der Waals surface area contributed by atoms with Gasteiger partial charge in [-0.05, 0) is 61.5 Å². The minimum atomic E-state index is -0.300. The van der Waals surface area contributed by atoms with Gasteiger partial charge in [0.25, 0.3) is 0 Å². The van der Waals surface area contributed by atoms with Gasteiger partial charge in [0.2, 0.25) is 0 Å². The molecule has 2 saturated carbocycles. The van der Waals surface area contributed by atoms with E-state index in [-0.39, 0.29) is 5.82 Å². The molecule has 0 amide bonds. The molecular formula is C14H16BrFN2S. The lowest BCUT2D eigenvalue weighted by Gasteiger charge is -2.24. The molecule has 2 nitrogen and oxygen atoms in total. The fourth-order valence-corrected chi connectivity index (χ4v) is 3.93. The number of nitrogens with one attached hydrogen (secondary N) is 2. The van der Waals surface area contributed by atoms with Gasteiger partial charge in [0.05, 0.1) is 5.69 Å². The van der Waals surface area contributed by atoms with Gasteiger partial charge < -0.3 is 10.6 Å². The predicted octanol–water partition coefficient (Wildman–Crippen LogP) is 4.06. The highest BCUT2D eigenvalue weighted by Gasteiger charge is 2.39. The summed E-state index contributed by atoms with van der Waals surface area (Å²) < 4.78 is 14.4. The molecule has 5 heteroatoms. The quantitative estimate of drug-likeness (QED) is 0.792. The molecule has 19 heavy (non-hydrogen) atoms. The number of rotatable bonds is 2. The fourth-order valence-electron chi connectivity index (χ4n) is 3.34. The Morgan fingerprint density at radius 2 is 2.16 bits per heavy atom. The summed E-state index contributed by atoms with van der Waals surface area (Å²) in [5, 5.41) is 6.82. The Morgan fingerprint density at radius 3 is 2.79 bits per heavy atom. The molecule has 3 atom stereocenters. The molecule has 102 valence electrons. The van der Waals surface area contributed by atoms with Crippen LogP contribution >= 0.6 is 28.1 Å². The zero-order valence-corrected chi connectivity index (χ0v) is 12.9. The number of anilines is 1. The van der Waals surface area contributed by atoms with Crippen molar-refractivity contribution in [3.63, 3.8) is 0 Å². The second-order valence-electron chi connectivity index (χ2n) is 5.50. The Morgan fingerprint density at radius 1 is 1.32 bits per heavy atom. The van der Waals surface area contributed by atoms with Crippen molar-refractivity contribution >= 4 is 38.9 Å². The molecule has 1 aromatic rings. The van der Waals surface area contributed by atoms with Crippen molar-refractivity contribution in [1.82, 2.24) is 5.32 Å². The van der Waals surface area contributed by atoms with E-state index in [1.165, 1.54) is 31.7 Å².